The molecule has 1 fully saturated rings. The molecule has 0 aliphatic carbocycles. The summed E-state index contributed by atoms with van der Waals surface area (Å²) in [7, 11) is -3.83. The lowest BCUT2D eigenvalue weighted by atomic mass is 10.0. The maximum absolute atomic E-state index is 12.8. The van der Waals surface area contributed by atoms with E-state index in [1.54, 1.807) is 0 Å². The van der Waals surface area contributed by atoms with E-state index in [-0.39, 0.29) is 6.42 Å². The topological polar surface area (TPSA) is 80.8 Å². The van der Waals surface area contributed by atoms with Gasteiger partial charge >= 0.3 is 0 Å². The second kappa shape index (κ2) is 8.10. The molecular formula is C18H24NO5S. The van der Waals surface area contributed by atoms with Gasteiger partial charge in [0, 0.05) is 19.0 Å². The summed E-state index contributed by atoms with van der Waals surface area (Å²) in [5, 5.41) is 0. The lowest BCUT2D eigenvalue weighted by Gasteiger charge is -2.34. The molecule has 1 radical (unpaired) electrons. The number of benzene rings is 1. The summed E-state index contributed by atoms with van der Waals surface area (Å²) in [6, 6.07) is 9.18. The molecule has 1 heterocycles. The lowest BCUT2D eigenvalue weighted by Crippen LogP contribution is -2.54. The van der Waals surface area contributed by atoms with E-state index >= 15 is 0 Å². The van der Waals surface area contributed by atoms with Gasteiger partial charge in [-0.3, -0.25) is 9.59 Å². The molecule has 6 nitrogen and oxygen atoms in total. The van der Waals surface area contributed by atoms with Crippen LogP contribution in [0.25, 0.3) is 0 Å². The van der Waals surface area contributed by atoms with Crippen LogP contribution in [-0.4, -0.2) is 62.3 Å². The first-order valence-electron chi connectivity index (χ1n) is 8.29. The number of sulfone groups is 1. The van der Waals surface area contributed by atoms with Crippen LogP contribution in [0.2, 0.25) is 0 Å². The van der Waals surface area contributed by atoms with Crippen molar-refractivity contribution >= 4 is 22.0 Å². The SMILES string of the molecule is CC(C)(C(=O)N1CCOCC1)S(=O)(=O)C[C@H]([C]=O)Cc1ccccc1. The van der Waals surface area contributed by atoms with E-state index in [1.807, 2.05) is 36.6 Å². The summed E-state index contributed by atoms with van der Waals surface area (Å²) >= 11 is 0. The summed E-state index contributed by atoms with van der Waals surface area (Å²) in [6.07, 6.45) is 2.11. The molecule has 1 aromatic carbocycles. The summed E-state index contributed by atoms with van der Waals surface area (Å²) in [5.41, 5.74) is 0.864. The molecule has 0 N–H and O–H groups in total. The van der Waals surface area contributed by atoms with Crippen molar-refractivity contribution in [1.82, 2.24) is 4.90 Å². The van der Waals surface area contributed by atoms with Gasteiger partial charge in [0.25, 0.3) is 0 Å². The zero-order valence-corrected chi connectivity index (χ0v) is 15.4. The summed E-state index contributed by atoms with van der Waals surface area (Å²) in [6.45, 7) is 4.38. The highest BCUT2D eigenvalue weighted by Crippen LogP contribution is 2.24. The predicted octanol–water partition coefficient (Wildman–Crippen LogP) is 1.01. The van der Waals surface area contributed by atoms with E-state index < -0.39 is 32.2 Å². The van der Waals surface area contributed by atoms with Gasteiger partial charge in [-0.05, 0) is 25.8 Å². The number of carbonyl (C=O) groups excluding carboxylic acids is 2. The van der Waals surface area contributed by atoms with E-state index in [4.69, 9.17) is 4.74 Å². The standard InChI is InChI=1S/C18H24NO5S/c1-18(2,17(21)19-8-10-24-11-9-19)25(22,23)14-16(13-20)12-15-6-4-3-5-7-15/h3-7,16H,8-12,14H2,1-2H3/t16-/m0/s1. The van der Waals surface area contributed by atoms with Gasteiger partial charge in [0.1, 0.15) is 4.75 Å². The number of amides is 1. The molecule has 0 aromatic heterocycles. The van der Waals surface area contributed by atoms with Crippen molar-refractivity contribution in [2.75, 3.05) is 32.1 Å². The molecule has 137 valence electrons. The minimum Gasteiger partial charge on any atom is -0.378 e. The zero-order valence-electron chi connectivity index (χ0n) is 14.6. The largest absolute Gasteiger partial charge is 0.378 e. The Hall–Kier alpha value is -1.73. The first kappa shape index (κ1) is 19.6. The molecule has 0 spiro atoms. The molecule has 0 bridgehead atoms. The molecular weight excluding hydrogens is 342 g/mol. The number of hydrogen-bond donors (Lipinski definition) is 0. The molecule has 25 heavy (non-hydrogen) atoms. The minimum absolute atomic E-state index is 0.283. The van der Waals surface area contributed by atoms with E-state index in [0.29, 0.717) is 26.3 Å². The average Bonchev–Trinajstić information content (AvgIpc) is 2.61. The maximum Gasteiger partial charge on any atom is 0.243 e. The van der Waals surface area contributed by atoms with Gasteiger partial charge in [0.15, 0.2) is 9.84 Å². The van der Waals surface area contributed by atoms with Crippen LogP contribution in [0, 0.1) is 5.92 Å². The molecule has 1 aromatic rings. The van der Waals surface area contributed by atoms with Crippen molar-refractivity contribution in [3.63, 3.8) is 0 Å². The Kier molecular flexibility index (Phi) is 6.35. The van der Waals surface area contributed by atoms with Gasteiger partial charge in [-0.15, -0.1) is 0 Å². The van der Waals surface area contributed by atoms with Crippen molar-refractivity contribution in [2.24, 2.45) is 5.92 Å². The molecule has 0 unspecified atom stereocenters. The first-order chi connectivity index (χ1) is 11.8. The monoisotopic (exact) mass is 366 g/mol. The normalized spacial score (nSPS) is 17.1. The number of carbonyl (C=O) groups is 1. The van der Waals surface area contributed by atoms with Crippen molar-refractivity contribution in [3.8, 4) is 0 Å². The smallest absolute Gasteiger partial charge is 0.243 e. The van der Waals surface area contributed by atoms with Crippen LogP contribution in [-0.2, 0) is 30.6 Å². The summed E-state index contributed by atoms with van der Waals surface area (Å²) in [5.74, 6) is -1.64. The Balaban J connectivity index is 2.11. The Labute approximate surface area is 149 Å². The van der Waals surface area contributed by atoms with E-state index in [1.165, 1.54) is 18.7 Å². The zero-order chi connectivity index (χ0) is 18.5. The summed E-state index contributed by atoms with van der Waals surface area (Å²) in [4.78, 5) is 25.5. The quantitative estimate of drug-likeness (QED) is 0.719. The highest BCUT2D eigenvalue weighted by molar-refractivity contribution is 7.93. The van der Waals surface area contributed by atoms with Gasteiger partial charge < -0.3 is 9.64 Å². The Morgan fingerprint density at radius 1 is 1.24 bits per heavy atom. The van der Waals surface area contributed by atoms with Crippen LogP contribution in [0.4, 0.5) is 0 Å². The lowest BCUT2D eigenvalue weighted by molar-refractivity contribution is -0.137. The Morgan fingerprint density at radius 2 is 1.84 bits per heavy atom. The van der Waals surface area contributed by atoms with Gasteiger partial charge in [0.05, 0.1) is 19.0 Å². The van der Waals surface area contributed by atoms with Crippen molar-refractivity contribution < 1.29 is 22.7 Å². The second-order valence-electron chi connectivity index (χ2n) is 6.70. The van der Waals surface area contributed by atoms with Crippen LogP contribution in [0.1, 0.15) is 19.4 Å². The third kappa shape index (κ3) is 4.67. The molecule has 1 saturated heterocycles. The first-order valence-corrected chi connectivity index (χ1v) is 9.94. The Bertz CT molecular complexity index is 693. The molecule has 0 saturated carbocycles. The molecule has 2 rings (SSSR count). The molecule has 1 aliphatic rings. The van der Waals surface area contributed by atoms with Crippen LogP contribution in [0.5, 0.6) is 0 Å². The van der Waals surface area contributed by atoms with Crippen molar-refractivity contribution in [1.29, 1.82) is 0 Å². The minimum atomic E-state index is -3.83. The predicted molar refractivity (Wildman–Crippen MR) is 94.6 cm³/mol. The fraction of sp³-hybridized carbons (Fsp3) is 0.556. The number of morpholine rings is 1. The van der Waals surface area contributed by atoms with Crippen molar-refractivity contribution in [2.45, 2.75) is 25.0 Å². The van der Waals surface area contributed by atoms with Gasteiger partial charge in [-0.1, -0.05) is 30.3 Å². The third-order valence-electron chi connectivity index (χ3n) is 4.50. The van der Waals surface area contributed by atoms with Crippen molar-refractivity contribution in [3.05, 3.63) is 35.9 Å². The number of ether oxygens (including phenoxy) is 1. The number of nitrogens with zero attached hydrogens (tertiary/aromatic N) is 1. The fourth-order valence-electron chi connectivity index (χ4n) is 2.79. The van der Waals surface area contributed by atoms with Crippen LogP contribution in [0.3, 0.4) is 0 Å². The van der Waals surface area contributed by atoms with Gasteiger partial charge in [0.2, 0.25) is 12.2 Å². The highest BCUT2D eigenvalue weighted by Gasteiger charge is 2.45. The van der Waals surface area contributed by atoms with Crippen LogP contribution in [0.15, 0.2) is 30.3 Å². The van der Waals surface area contributed by atoms with Crippen LogP contribution >= 0.6 is 0 Å². The Morgan fingerprint density at radius 3 is 2.40 bits per heavy atom. The molecule has 1 aliphatic heterocycles. The second-order valence-corrected chi connectivity index (χ2v) is 9.28. The average molecular weight is 366 g/mol. The molecule has 1 amide bonds. The highest BCUT2D eigenvalue weighted by atomic mass is 32.2. The maximum atomic E-state index is 12.8. The number of rotatable bonds is 7. The molecule has 7 heteroatoms. The molecule has 1 atom stereocenters. The number of hydrogen-bond acceptors (Lipinski definition) is 5. The van der Waals surface area contributed by atoms with Gasteiger partial charge in [-0.2, -0.15) is 0 Å². The van der Waals surface area contributed by atoms with E-state index in [9.17, 15) is 18.0 Å². The fourth-order valence-corrected chi connectivity index (χ4v) is 4.31. The summed E-state index contributed by atoms with van der Waals surface area (Å²) < 4.78 is 29.3. The van der Waals surface area contributed by atoms with E-state index in [2.05, 4.69) is 0 Å². The van der Waals surface area contributed by atoms with Gasteiger partial charge in [-0.25, -0.2) is 8.42 Å². The van der Waals surface area contributed by atoms with E-state index in [0.717, 1.165) is 5.56 Å². The van der Waals surface area contributed by atoms with Crippen LogP contribution < -0.4 is 0 Å². The third-order valence-corrected chi connectivity index (χ3v) is 7.07.